The molecule has 2 aliphatic heterocycles. The number of fused-ring (bicyclic) bond motifs is 8. The molecule has 1 aliphatic carbocycles. The first-order chi connectivity index (χ1) is 28.7. The number of aryl methyl sites for hydroxylation is 2. The van der Waals surface area contributed by atoms with Crippen LogP contribution in [0.25, 0.3) is 31.3 Å². The van der Waals surface area contributed by atoms with Gasteiger partial charge in [-0.15, -0.1) is 11.3 Å². The van der Waals surface area contributed by atoms with Gasteiger partial charge in [0.05, 0.1) is 5.69 Å². The van der Waals surface area contributed by atoms with Gasteiger partial charge >= 0.3 is 0 Å². The fraction of sp³-hybridized carbons (Fsp3) is 0.250. The van der Waals surface area contributed by atoms with Crippen LogP contribution in [-0.2, 0) is 16.2 Å². The van der Waals surface area contributed by atoms with Crippen LogP contribution in [0.1, 0.15) is 89.1 Å². The second-order valence-electron chi connectivity index (χ2n) is 20.2. The molecule has 0 amide bonds. The minimum Gasteiger partial charge on any atom is -0.311 e. The van der Waals surface area contributed by atoms with Crippen LogP contribution < -0.4 is 26.2 Å². The maximum Gasteiger partial charge on any atom is 0.252 e. The van der Waals surface area contributed by atoms with E-state index >= 15 is 0 Å². The van der Waals surface area contributed by atoms with Gasteiger partial charge in [-0.1, -0.05) is 133 Å². The van der Waals surface area contributed by atoms with Gasteiger partial charge in [0, 0.05) is 48.6 Å². The molecule has 0 N–H and O–H groups in total. The zero-order valence-corrected chi connectivity index (χ0v) is 37.3. The summed E-state index contributed by atoms with van der Waals surface area (Å²) >= 11 is 1.90. The van der Waals surface area contributed by atoms with Crippen molar-refractivity contribution in [3.8, 4) is 11.1 Å². The van der Waals surface area contributed by atoms with Gasteiger partial charge in [-0.25, -0.2) is 0 Å². The molecule has 0 radical (unpaired) electrons. The van der Waals surface area contributed by atoms with E-state index in [-0.39, 0.29) is 23.0 Å². The van der Waals surface area contributed by atoms with Crippen molar-refractivity contribution >= 4 is 88.7 Å². The Hall–Kier alpha value is -5.58. The van der Waals surface area contributed by atoms with E-state index in [2.05, 4.69) is 206 Å². The van der Waals surface area contributed by atoms with Gasteiger partial charge < -0.3 is 9.80 Å². The van der Waals surface area contributed by atoms with Gasteiger partial charge in [-0.05, 0) is 147 Å². The van der Waals surface area contributed by atoms with Crippen LogP contribution in [0.2, 0.25) is 0 Å². The van der Waals surface area contributed by atoms with Crippen LogP contribution in [0.5, 0.6) is 0 Å². The van der Waals surface area contributed by atoms with Crippen LogP contribution in [0.4, 0.5) is 34.1 Å². The molecule has 3 heterocycles. The number of nitrogens with zero attached hydrogens (tertiary/aromatic N) is 2. The minimum absolute atomic E-state index is 0.0168. The van der Waals surface area contributed by atoms with Gasteiger partial charge in [0.25, 0.3) is 6.71 Å². The molecule has 0 saturated heterocycles. The lowest BCUT2D eigenvalue weighted by atomic mass is 9.33. The summed E-state index contributed by atoms with van der Waals surface area (Å²) in [5, 5.41) is 2.65. The first-order valence-electron chi connectivity index (χ1n) is 21.8. The molecule has 0 fully saturated rings. The molecule has 2 nitrogen and oxygen atoms in total. The maximum atomic E-state index is 2.66. The van der Waals surface area contributed by atoms with Crippen LogP contribution in [-0.4, -0.2) is 6.71 Å². The summed E-state index contributed by atoms with van der Waals surface area (Å²) in [6, 6.07) is 51.5. The Morgan fingerprint density at radius 3 is 1.92 bits per heavy atom. The predicted octanol–water partition coefficient (Wildman–Crippen LogP) is 14.1. The summed E-state index contributed by atoms with van der Waals surface area (Å²) in [6.45, 7) is 21.6. The highest BCUT2D eigenvalue weighted by Crippen LogP contribution is 2.52. The monoisotopic (exact) mass is 796 g/mol. The Bertz CT molecular complexity index is 3070. The summed E-state index contributed by atoms with van der Waals surface area (Å²) in [7, 11) is 0. The molecule has 0 spiro atoms. The lowest BCUT2D eigenvalue weighted by Crippen LogP contribution is -2.62. The SMILES string of the molecule is Cc1cc2c3c(c1)N(c1cccc4sc5ccccc5c14)c1cc(C(C)(C)C)ccc1B3c1cc3c(cc1N2c1cc(-c2ccccc2)ccc1C)C(C)(C)CCC3(C)C. The average molecular weight is 797 g/mol. The fourth-order valence-electron chi connectivity index (χ4n) is 10.8. The normalized spacial score (nSPS) is 16.1. The number of anilines is 6. The molecule has 11 rings (SSSR count). The van der Waals surface area contributed by atoms with E-state index in [0.717, 1.165) is 0 Å². The molecule has 0 bridgehead atoms. The van der Waals surface area contributed by atoms with Crippen molar-refractivity contribution in [2.45, 2.75) is 91.4 Å². The van der Waals surface area contributed by atoms with Crippen molar-refractivity contribution in [2.24, 2.45) is 0 Å². The molecule has 8 aromatic rings. The minimum atomic E-state index is -0.0168. The molecule has 3 aliphatic rings. The molecule has 296 valence electrons. The Balaban J connectivity index is 1.28. The van der Waals surface area contributed by atoms with Gasteiger partial charge in [-0.2, -0.15) is 0 Å². The van der Waals surface area contributed by atoms with Gasteiger partial charge in [-0.3, -0.25) is 0 Å². The number of rotatable bonds is 3. The first-order valence-corrected chi connectivity index (χ1v) is 22.7. The summed E-state index contributed by atoms with van der Waals surface area (Å²) in [5.41, 5.74) is 21.3. The largest absolute Gasteiger partial charge is 0.311 e. The summed E-state index contributed by atoms with van der Waals surface area (Å²) in [4.78, 5) is 5.31. The van der Waals surface area contributed by atoms with Gasteiger partial charge in [0.1, 0.15) is 0 Å². The van der Waals surface area contributed by atoms with E-state index in [1.54, 1.807) is 0 Å². The van der Waals surface area contributed by atoms with Gasteiger partial charge in [0.2, 0.25) is 0 Å². The Morgan fingerprint density at radius 2 is 1.18 bits per heavy atom. The molecule has 0 atom stereocenters. The molecule has 4 heteroatoms. The maximum absolute atomic E-state index is 2.66. The van der Waals surface area contributed by atoms with Crippen molar-refractivity contribution < 1.29 is 0 Å². The van der Waals surface area contributed by atoms with Crippen molar-refractivity contribution in [2.75, 3.05) is 9.80 Å². The molecule has 0 saturated carbocycles. The Kier molecular flexibility index (Phi) is 8.09. The van der Waals surface area contributed by atoms with E-state index < -0.39 is 0 Å². The van der Waals surface area contributed by atoms with Crippen LogP contribution in [0.3, 0.4) is 0 Å². The van der Waals surface area contributed by atoms with Crippen LogP contribution >= 0.6 is 11.3 Å². The molecule has 1 aromatic heterocycles. The smallest absolute Gasteiger partial charge is 0.252 e. The highest BCUT2D eigenvalue weighted by atomic mass is 32.1. The topological polar surface area (TPSA) is 6.48 Å². The first kappa shape index (κ1) is 37.4. The standard InChI is InChI=1S/C56H53BN2S/c1-34-28-48-53-49(29-34)59(45-30-37(23-22-35(45)2)36-16-11-10-12-17-36)47-33-41-40(55(6,7)26-27-56(41,8)9)32-43(47)57(53)42-25-24-38(54(3,4)5)31-46(42)58(48)44-19-15-21-51-52(44)39-18-13-14-20-50(39)60-51/h10-25,28-33H,26-27H2,1-9H3. The van der Waals surface area contributed by atoms with Gasteiger partial charge in [0.15, 0.2) is 0 Å². The van der Waals surface area contributed by atoms with E-state index in [1.807, 2.05) is 11.3 Å². The molecule has 0 unspecified atom stereocenters. The highest BCUT2D eigenvalue weighted by Gasteiger charge is 2.47. The van der Waals surface area contributed by atoms with Crippen molar-refractivity contribution in [1.29, 1.82) is 0 Å². The molecular weight excluding hydrogens is 744 g/mol. The third-order valence-corrected chi connectivity index (χ3v) is 15.4. The van der Waals surface area contributed by atoms with Crippen molar-refractivity contribution in [3.63, 3.8) is 0 Å². The van der Waals surface area contributed by atoms with E-state index in [1.165, 1.54) is 122 Å². The van der Waals surface area contributed by atoms with Crippen LogP contribution in [0.15, 0.2) is 133 Å². The predicted molar refractivity (Wildman–Crippen MR) is 262 cm³/mol. The third kappa shape index (κ3) is 5.52. The van der Waals surface area contributed by atoms with Crippen LogP contribution in [0, 0.1) is 13.8 Å². The highest BCUT2D eigenvalue weighted by molar-refractivity contribution is 7.26. The van der Waals surface area contributed by atoms with E-state index in [9.17, 15) is 0 Å². The summed E-state index contributed by atoms with van der Waals surface area (Å²) in [5.74, 6) is 0. The lowest BCUT2D eigenvalue weighted by molar-refractivity contribution is 0.332. The molecule has 7 aromatic carbocycles. The van der Waals surface area contributed by atoms with E-state index in [4.69, 9.17) is 0 Å². The van der Waals surface area contributed by atoms with Crippen molar-refractivity contribution in [3.05, 3.63) is 161 Å². The fourth-order valence-corrected chi connectivity index (χ4v) is 11.9. The second-order valence-corrected chi connectivity index (χ2v) is 21.3. The number of benzene rings is 7. The summed E-state index contributed by atoms with van der Waals surface area (Å²) in [6.07, 6.45) is 2.35. The zero-order chi connectivity index (χ0) is 41.5. The lowest BCUT2D eigenvalue weighted by Gasteiger charge is -2.48. The molecular formula is C56H53BN2S. The van der Waals surface area contributed by atoms with E-state index in [0.29, 0.717) is 0 Å². The van der Waals surface area contributed by atoms with Crippen molar-refractivity contribution in [1.82, 2.24) is 0 Å². The second kappa shape index (κ2) is 13.0. The number of thiophene rings is 1. The zero-order valence-electron chi connectivity index (χ0n) is 36.5. The average Bonchev–Trinajstić information content (AvgIpc) is 3.61. The Labute approximate surface area is 360 Å². The number of hydrogen-bond acceptors (Lipinski definition) is 3. The molecule has 60 heavy (non-hydrogen) atoms. The summed E-state index contributed by atoms with van der Waals surface area (Å²) < 4.78 is 2.65. The number of hydrogen-bond donors (Lipinski definition) is 0. The Morgan fingerprint density at radius 1 is 0.533 bits per heavy atom. The third-order valence-electron chi connectivity index (χ3n) is 14.2. The quantitative estimate of drug-likeness (QED) is 0.164.